The first-order valence-electron chi connectivity index (χ1n) is 16.5. The lowest BCUT2D eigenvalue weighted by atomic mass is 9.71. The third kappa shape index (κ3) is 4.62. The fourth-order valence-corrected chi connectivity index (χ4v) is 8.55. The highest BCUT2D eigenvalue weighted by Gasteiger charge is 2.48. The number of phenols is 1. The van der Waals surface area contributed by atoms with Crippen LogP contribution in [-0.2, 0) is 6.42 Å². The topological polar surface area (TPSA) is 86.6 Å². The molecule has 1 unspecified atom stereocenters. The smallest absolute Gasteiger partial charge is 0.319 e. The van der Waals surface area contributed by atoms with E-state index in [4.69, 9.17) is 19.7 Å². The van der Waals surface area contributed by atoms with Crippen molar-refractivity contribution in [3.05, 3.63) is 47.2 Å². The Morgan fingerprint density at radius 1 is 1.07 bits per heavy atom. The summed E-state index contributed by atoms with van der Waals surface area (Å²) in [5.74, 6) is 1.35. The number of pyridine rings is 1. The number of rotatable bonds is 6. The average molecular weight is 613 g/mol. The van der Waals surface area contributed by atoms with Crippen molar-refractivity contribution in [2.24, 2.45) is 17.3 Å². The second-order valence-corrected chi connectivity index (χ2v) is 14.3. The summed E-state index contributed by atoms with van der Waals surface area (Å²) in [4.78, 5) is 19.5. The van der Waals surface area contributed by atoms with Gasteiger partial charge in [-0.25, -0.2) is 13.8 Å². The van der Waals surface area contributed by atoms with Crippen LogP contribution < -0.4 is 15.0 Å². The molecule has 5 fully saturated rings. The number of hydrogen-bond donors (Lipinski definition) is 2. The Kier molecular flexibility index (Phi) is 6.26. The number of hydrogen-bond acceptors (Lipinski definition) is 8. The lowest BCUT2D eigenvalue weighted by Gasteiger charge is -2.48. The number of piperidine rings is 2. The molecule has 2 aliphatic carbocycles. The summed E-state index contributed by atoms with van der Waals surface area (Å²) in [5, 5.41) is 15.9. The van der Waals surface area contributed by atoms with Crippen molar-refractivity contribution in [3.8, 4) is 23.0 Å². The minimum absolute atomic E-state index is 0.0352. The standard InChI is InChI=1S/C35H38F2N6O2/c1-19-26(36)4-2-22-12-24(44)13-25(28(19)22)31-30(37)32-29-27(39-31)5-3-23-14-38-8-9-43(23)33(29)41-34(40-32)45-18-35(6-7-35)17-42-15-20-10-21(11-20)16-42/h2,4,12-13,20-21,23,38,44H,3,5-11,14-18H2,1H3. The molecule has 6 heterocycles. The van der Waals surface area contributed by atoms with Gasteiger partial charge in [0.25, 0.3) is 0 Å². The van der Waals surface area contributed by atoms with Gasteiger partial charge in [-0.05, 0) is 91.8 Å². The van der Waals surface area contributed by atoms with E-state index in [2.05, 4.69) is 15.1 Å². The molecule has 0 radical (unpaired) electrons. The molecule has 2 aromatic heterocycles. The molecule has 1 atom stereocenters. The normalized spacial score (nSPS) is 25.1. The number of aromatic hydroxyl groups is 1. The van der Waals surface area contributed by atoms with Crippen LogP contribution in [-0.4, -0.2) is 76.9 Å². The highest BCUT2D eigenvalue weighted by atomic mass is 19.1. The van der Waals surface area contributed by atoms with Crippen LogP contribution in [0.1, 0.15) is 43.4 Å². The first-order chi connectivity index (χ1) is 21.8. The molecule has 0 amide bonds. The number of phenolic OH excluding ortho intramolecular Hbond substituents is 1. The summed E-state index contributed by atoms with van der Waals surface area (Å²) in [6.45, 7) is 7.96. The third-order valence-corrected chi connectivity index (χ3v) is 11.1. The molecule has 45 heavy (non-hydrogen) atoms. The number of piperazine rings is 1. The van der Waals surface area contributed by atoms with Gasteiger partial charge in [-0.2, -0.15) is 9.97 Å². The van der Waals surface area contributed by atoms with Gasteiger partial charge in [-0.1, -0.05) is 6.07 Å². The number of ether oxygens (including phenoxy) is 1. The largest absolute Gasteiger partial charge is 0.508 e. The quantitative estimate of drug-likeness (QED) is 0.301. The molecule has 4 aliphatic heterocycles. The van der Waals surface area contributed by atoms with Gasteiger partial charge in [0, 0.05) is 56.3 Å². The average Bonchev–Trinajstić information content (AvgIpc) is 3.81. The number of aryl methyl sites for hydroxylation is 2. The second-order valence-electron chi connectivity index (χ2n) is 14.3. The number of fused-ring (bicyclic) bond motifs is 5. The molecule has 10 rings (SSSR count). The zero-order valence-electron chi connectivity index (χ0n) is 25.6. The monoisotopic (exact) mass is 612 g/mol. The maximum atomic E-state index is 16.9. The number of nitrogens with one attached hydrogen (secondary N) is 1. The Morgan fingerprint density at radius 3 is 2.69 bits per heavy atom. The zero-order chi connectivity index (χ0) is 30.4. The van der Waals surface area contributed by atoms with Gasteiger partial charge >= 0.3 is 6.01 Å². The molecular formula is C35H38F2N6O2. The molecule has 2 aromatic carbocycles. The van der Waals surface area contributed by atoms with Gasteiger partial charge in [0.05, 0.1) is 17.7 Å². The van der Waals surface area contributed by atoms with Crippen molar-refractivity contribution < 1.29 is 18.6 Å². The summed E-state index contributed by atoms with van der Waals surface area (Å²) >= 11 is 0. The molecule has 6 aliphatic rings. The van der Waals surface area contributed by atoms with Gasteiger partial charge < -0.3 is 25.0 Å². The Hall–Kier alpha value is -3.63. The predicted octanol–water partition coefficient (Wildman–Crippen LogP) is 5.36. The van der Waals surface area contributed by atoms with E-state index in [0.717, 1.165) is 57.3 Å². The molecule has 4 aromatic rings. The van der Waals surface area contributed by atoms with E-state index in [9.17, 15) is 9.50 Å². The van der Waals surface area contributed by atoms with Gasteiger partial charge in [0.2, 0.25) is 0 Å². The SMILES string of the molecule is Cc1c(F)ccc2cc(O)cc(-c3nc4c5c(nc(OCC6(CN7CC8CC(C8)C7)CC6)nc5c3F)N3CCNCC3CC4)c12. The molecule has 0 spiro atoms. The minimum atomic E-state index is -0.611. The van der Waals surface area contributed by atoms with Crippen molar-refractivity contribution in [2.75, 3.05) is 50.8 Å². The van der Waals surface area contributed by atoms with E-state index >= 15 is 4.39 Å². The van der Waals surface area contributed by atoms with E-state index in [0.29, 0.717) is 51.8 Å². The fraction of sp³-hybridized carbons (Fsp3) is 0.514. The Bertz CT molecular complexity index is 1850. The molecular weight excluding hydrogens is 574 g/mol. The molecule has 10 heteroatoms. The lowest BCUT2D eigenvalue weighted by molar-refractivity contribution is 0.0100. The summed E-state index contributed by atoms with van der Waals surface area (Å²) in [5.41, 5.74) is 1.77. The Labute approximate surface area is 260 Å². The minimum Gasteiger partial charge on any atom is -0.508 e. The summed E-state index contributed by atoms with van der Waals surface area (Å²) in [6, 6.07) is 6.39. The van der Waals surface area contributed by atoms with Crippen molar-refractivity contribution in [1.82, 2.24) is 25.2 Å². The number of anilines is 1. The van der Waals surface area contributed by atoms with Crippen LogP contribution >= 0.6 is 0 Å². The summed E-state index contributed by atoms with van der Waals surface area (Å²) in [6.07, 6.45) is 6.45. The van der Waals surface area contributed by atoms with Crippen molar-refractivity contribution in [1.29, 1.82) is 0 Å². The Balaban J connectivity index is 1.15. The van der Waals surface area contributed by atoms with E-state index < -0.39 is 11.6 Å². The molecule has 234 valence electrons. The van der Waals surface area contributed by atoms with Gasteiger partial charge in [-0.3, -0.25) is 0 Å². The zero-order valence-corrected chi connectivity index (χ0v) is 25.6. The molecule has 8 nitrogen and oxygen atoms in total. The number of aromatic nitrogens is 3. The van der Waals surface area contributed by atoms with Crippen LogP contribution in [0.3, 0.4) is 0 Å². The van der Waals surface area contributed by atoms with Crippen molar-refractivity contribution in [3.63, 3.8) is 0 Å². The van der Waals surface area contributed by atoms with Crippen LogP contribution in [0.4, 0.5) is 14.6 Å². The molecule has 3 saturated heterocycles. The van der Waals surface area contributed by atoms with Crippen molar-refractivity contribution in [2.45, 2.75) is 51.5 Å². The highest BCUT2D eigenvalue weighted by Crippen LogP contribution is 2.49. The van der Waals surface area contributed by atoms with E-state index in [1.54, 1.807) is 19.1 Å². The van der Waals surface area contributed by atoms with Crippen LogP contribution in [0, 0.1) is 35.8 Å². The molecule has 2 N–H and O–H groups in total. The Morgan fingerprint density at radius 2 is 1.89 bits per heavy atom. The first kappa shape index (κ1) is 27.7. The second kappa shape index (κ2) is 10.2. The number of halogens is 2. The van der Waals surface area contributed by atoms with Crippen LogP contribution in [0.5, 0.6) is 11.8 Å². The van der Waals surface area contributed by atoms with E-state index in [-0.39, 0.29) is 34.4 Å². The molecule has 2 bridgehead atoms. The third-order valence-electron chi connectivity index (χ3n) is 11.1. The highest BCUT2D eigenvalue weighted by molar-refractivity contribution is 6.02. The maximum absolute atomic E-state index is 16.9. The summed E-state index contributed by atoms with van der Waals surface area (Å²) in [7, 11) is 0. The fourth-order valence-electron chi connectivity index (χ4n) is 8.55. The van der Waals surface area contributed by atoms with Gasteiger partial charge in [0.15, 0.2) is 5.82 Å². The predicted molar refractivity (Wildman–Crippen MR) is 169 cm³/mol. The van der Waals surface area contributed by atoms with Crippen LogP contribution in [0.25, 0.3) is 32.9 Å². The number of nitrogens with zero attached hydrogens (tertiary/aromatic N) is 5. The van der Waals surface area contributed by atoms with E-state index in [1.165, 1.54) is 38.1 Å². The molecule has 2 saturated carbocycles. The maximum Gasteiger partial charge on any atom is 0.319 e. The van der Waals surface area contributed by atoms with Gasteiger partial charge in [-0.15, -0.1) is 0 Å². The number of benzene rings is 2. The first-order valence-corrected chi connectivity index (χ1v) is 16.5. The van der Waals surface area contributed by atoms with Crippen LogP contribution in [0.15, 0.2) is 24.3 Å². The summed E-state index contributed by atoms with van der Waals surface area (Å²) < 4.78 is 38.1. The van der Waals surface area contributed by atoms with E-state index in [1.807, 2.05) is 0 Å². The van der Waals surface area contributed by atoms with Crippen molar-refractivity contribution >= 4 is 27.5 Å². The van der Waals surface area contributed by atoms with Crippen LogP contribution in [0.2, 0.25) is 0 Å². The lowest BCUT2D eigenvalue weighted by Crippen LogP contribution is -2.51. The van der Waals surface area contributed by atoms with Gasteiger partial charge in [0.1, 0.15) is 28.6 Å².